The quantitative estimate of drug-likeness (QED) is 0.825. The van der Waals surface area contributed by atoms with Gasteiger partial charge in [0.1, 0.15) is 12.4 Å². The summed E-state index contributed by atoms with van der Waals surface area (Å²) >= 11 is 0. The molecule has 2 atom stereocenters. The van der Waals surface area contributed by atoms with E-state index < -0.39 is 0 Å². The van der Waals surface area contributed by atoms with Crippen LogP contribution >= 0.6 is 12.4 Å². The maximum atomic E-state index is 5.92. The van der Waals surface area contributed by atoms with Crippen LogP contribution in [0.3, 0.4) is 0 Å². The lowest BCUT2D eigenvalue weighted by molar-refractivity contribution is 0.0681. The molecule has 1 saturated heterocycles. The van der Waals surface area contributed by atoms with E-state index in [-0.39, 0.29) is 18.5 Å². The molecule has 1 aliphatic heterocycles. The average molecular weight is 354 g/mol. The standard InChI is InChI=1S/C17H23N3O3.ClH/c1-12(18-2)10-16-19-17(23-20-16)14-7-3-4-8-15(14)22-11-13-6-5-9-21-13;/h3-4,7-8,12-13,18H,5-6,9-11H2,1-2H3;1H. The van der Waals surface area contributed by atoms with Crippen molar-refractivity contribution in [1.82, 2.24) is 15.5 Å². The Morgan fingerprint density at radius 1 is 1.38 bits per heavy atom. The van der Waals surface area contributed by atoms with Crippen LogP contribution in [-0.4, -0.2) is 42.5 Å². The van der Waals surface area contributed by atoms with Gasteiger partial charge in [-0.2, -0.15) is 4.98 Å². The lowest BCUT2D eigenvalue weighted by Crippen LogP contribution is -2.24. The molecule has 2 heterocycles. The SMILES string of the molecule is CNC(C)Cc1noc(-c2ccccc2OCC2CCCO2)n1.Cl. The van der Waals surface area contributed by atoms with Crippen molar-refractivity contribution in [2.45, 2.75) is 38.3 Å². The van der Waals surface area contributed by atoms with Gasteiger partial charge in [-0.1, -0.05) is 17.3 Å². The molecule has 1 fully saturated rings. The molecule has 0 radical (unpaired) electrons. The number of para-hydroxylation sites is 1. The molecule has 0 spiro atoms. The van der Waals surface area contributed by atoms with Crippen LogP contribution < -0.4 is 10.1 Å². The van der Waals surface area contributed by atoms with Gasteiger partial charge in [0, 0.05) is 19.1 Å². The van der Waals surface area contributed by atoms with Gasteiger partial charge < -0.3 is 19.3 Å². The number of nitrogens with zero attached hydrogens (tertiary/aromatic N) is 2. The molecule has 1 aliphatic rings. The molecule has 24 heavy (non-hydrogen) atoms. The van der Waals surface area contributed by atoms with Crippen LogP contribution in [0, 0.1) is 0 Å². The minimum Gasteiger partial charge on any atom is -0.490 e. The average Bonchev–Trinajstić information content (AvgIpc) is 3.25. The molecule has 3 rings (SSSR count). The van der Waals surface area contributed by atoms with Gasteiger partial charge in [0.2, 0.25) is 0 Å². The first-order valence-corrected chi connectivity index (χ1v) is 8.10. The van der Waals surface area contributed by atoms with Gasteiger partial charge >= 0.3 is 0 Å². The summed E-state index contributed by atoms with van der Waals surface area (Å²) in [6, 6.07) is 8.03. The largest absolute Gasteiger partial charge is 0.490 e. The highest BCUT2D eigenvalue weighted by Crippen LogP contribution is 2.29. The zero-order valence-electron chi connectivity index (χ0n) is 14.0. The Labute approximate surface area is 148 Å². The van der Waals surface area contributed by atoms with Crippen LogP contribution in [-0.2, 0) is 11.2 Å². The lowest BCUT2D eigenvalue weighted by atomic mass is 10.2. The molecule has 7 heteroatoms. The molecule has 2 unspecified atom stereocenters. The van der Waals surface area contributed by atoms with Crippen LogP contribution in [0.2, 0.25) is 0 Å². The second-order valence-electron chi connectivity index (χ2n) is 5.85. The highest BCUT2D eigenvalue weighted by Gasteiger charge is 2.19. The number of ether oxygens (including phenoxy) is 2. The molecule has 0 aliphatic carbocycles. The van der Waals surface area contributed by atoms with Crippen LogP contribution in [0.4, 0.5) is 0 Å². The second-order valence-corrected chi connectivity index (χ2v) is 5.85. The van der Waals surface area contributed by atoms with E-state index in [1.807, 2.05) is 31.3 Å². The van der Waals surface area contributed by atoms with Crippen LogP contribution in [0.1, 0.15) is 25.6 Å². The van der Waals surface area contributed by atoms with E-state index in [2.05, 4.69) is 22.4 Å². The fourth-order valence-corrected chi connectivity index (χ4v) is 2.55. The van der Waals surface area contributed by atoms with Gasteiger partial charge in [0.05, 0.1) is 11.7 Å². The Balaban J connectivity index is 0.00000208. The van der Waals surface area contributed by atoms with Crippen LogP contribution in [0.25, 0.3) is 11.5 Å². The first-order valence-electron chi connectivity index (χ1n) is 8.10. The molecule has 1 aromatic carbocycles. The summed E-state index contributed by atoms with van der Waals surface area (Å²) in [4.78, 5) is 4.48. The van der Waals surface area contributed by atoms with Crippen molar-refractivity contribution in [2.75, 3.05) is 20.3 Å². The van der Waals surface area contributed by atoms with E-state index in [1.54, 1.807) is 0 Å². The van der Waals surface area contributed by atoms with Gasteiger partial charge in [-0.3, -0.25) is 0 Å². The minimum atomic E-state index is 0. The van der Waals surface area contributed by atoms with E-state index in [1.165, 1.54) is 0 Å². The fourth-order valence-electron chi connectivity index (χ4n) is 2.55. The normalized spacial score (nSPS) is 18.2. The van der Waals surface area contributed by atoms with Crippen molar-refractivity contribution >= 4 is 12.4 Å². The summed E-state index contributed by atoms with van der Waals surface area (Å²) in [5.74, 6) is 1.93. The summed E-state index contributed by atoms with van der Waals surface area (Å²) < 4.78 is 16.9. The van der Waals surface area contributed by atoms with Gasteiger partial charge in [0.25, 0.3) is 5.89 Å². The van der Waals surface area contributed by atoms with Crippen LogP contribution in [0.5, 0.6) is 5.75 Å². The number of halogens is 1. The highest BCUT2D eigenvalue weighted by atomic mass is 35.5. The van der Waals surface area contributed by atoms with Crippen molar-refractivity contribution in [3.8, 4) is 17.2 Å². The molecule has 0 saturated carbocycles. The van der Waals surface area contributed by atoms with E-state index in [0.29, 0.717) is 24.4 Å². The number of aromatic nitrogens is 2. The van der Waals surface area contributed by atoms with Crippen molar-refractivity contribution < 1.29 is 14.0 Å². The molecule has 1 aromatic heterocycles. The second kappa shape index (κ2) is 9.01. The first kappa shape index (κ1) is 18.7. The monoisotopic (exact) mass is 353 g/mol. The molecular weight excluding hydrogens is 330 g/mol. The number of rotatable bonds is 7. The van der Waals surface area contributed by atoms with Crippen molar-refractivity contribution in [2.24, 2.45) is 0 Å². The maximum Gasteiger partial charge on any atom is 0.261 e. The molecule has 0 bridgehead atoms. The number of benzene rings is 1. The topological polar surface area (TPSA) is 69.4 Å². The lowest BCUT2D eigenvalue weighted by Gasteiger charge is -2.13. The Hall–Kier alpha value is -1.63. The summed E-state index contributed by atoms with van der Waals surface area (Å²) in [5.41, 5.74) is 0.821. The summed E-state index contributed by atoms with van der Waals surface area (Å²) in [7, 11) is 1.92. The van der Waals surface area contributed by atoms with Crippen molar-refractivity contribution in [3.63, 3.8) is 0 Å². The van der Waals surface area contributed by atoms with Gasteiger partial charge in [-0.15, -0.1) is 12.4 Å². The molecular formula is C17H24ClN3O3. The summed E-state index contributed by atoms with van der Waals surface area (Å²) in [6.45, 7) is 3.45. The summed E-state index contributed by atoms with van der Waals surface area (Å²) in [6.07, 6.45) is 3.05. The smallest absolute Gasteiger partial charge is 0.261 e. The Morgan fingerprint density at radius 2 is 2.21 bits per heavy atom. The van der Waals surface area contributed by atoms with Crippen molar-refractivity contribution in [3.05, 3.63) is 30.1 Å². The number of nitrogens with one attached hydrogen (secondary N) is 1. The Morgan fingerprint density at radius 3 is 2.96 bits per heavy atom. The minimum absolute atomic E-state index is 0. The molecule has 1 N–H and O–H groups in total. The zero-order valence-corrected chi connectivity index (χ0v) is 14.8. The predicted octanol–water partition coefficient (Wildman–Crippen LogP) is 2.87. The number of hydrogen-bond acceptors (Lipinski definition) is 6. The predicted molar refractivity (Wildman–Crippen MR) is 93.7 cm³/mol. The maximum absolute atomic E-state index is 5.92. The van der Waals surface area contributed by atoms with Crippen molar-refractivity contribution in [1.29, 1.82) is 0 Å². The van der Waals surface area contributed by atoms with E-state index in [9.17, 15) is 0 Å². The van der Waals surface area contributed by atoms with E-state index in [0.717, 1.165) is 37.2 Å². The van der Waals surface area contributed by atoms with E-state index >= 15 is 0 Å². The zero-order chi connectivity index (χ0) is 16.1. The van der Waals surface area contributed by atoms with Gasteiger partial charge in [-0.05, 0) is 38.9 Å². The van der Waals surface area contributed by atoms with E-state index in [4.69, 9.17) is 14.0 Å². The number of hydrogen-bond donors (Lipinski definition) is 1. The molecule has 2 aromatic rings. The fraction of sp³-hybridized carbons (Fsp3) is 0.529. The molecule has 0 amide bonds. The summed E-state index contributed by atoms with van der Waals surface area (Å²) in [5, 5.41) is 7.22. The Bertz CT molecular complexity index is 629. The third kappa shape index (κ3) is 4.69. The van der Waals surface area contributed by atoms with Crippen LogP contribution in [0.15, 0.2) is 28.8 Å². The molecule has 132 valence electrons. The first-order chi connectivity index (χ1) is 11.3. The number of likely N-dealkylation sites (N-methyl/N-ethyl adjacent to an activating group) is 1. The Kier molecular flexibility index (Phi) is 7.02. The third-order valence-corrected chi connectivity index (χ3v) is 4.02. The highest BCUT2D eigenvalue weighted by molar-refractivity contribution is 5.85. The van der Waals surface area contributed by atoms with Gasteiger partial charge in [0.15, 0.2) is 5.82 Å². The molecule has 6 nitrogen and oxygen atoms in total. The van der Waals surface area contributed by atoms with Gasteiger partial charge in [-0.25, -0.2) is 0 Å². The third-order valence-electron chi connectivity index (χ3n) is 4.02.